The van der Waals surface area contributed by atoms with Gasteiger partial charge in [-0.3, -0.25) is 13.9 Å². The molecule has 1 aromatic heterocycles. The second kappa shape index (κ2) is 13.2. The Kier molecular flexibility index (Phi) is 9.45. The molecule has 2 heterocycles. The summed E-state index contributed by atoms with van der Waals surface area (Å²) in [6.07, 6.45) is -1.65. The Labute approximate surface area is 250 Å². The van der Waals surface area contributed by atoms with Crippen molar-refractivity contribution in [2.45, 2.75) is 42.4 Å². The van der Waals surface area contributed by atoms with E-state index in [-0.39, 0.29) is 24.9 Å². The number of hydrogen-bond donors (Lipinski definition) is 4. The van der Waals surface area contributed by atoms with Gasteiger partial charge in [0.1, 0.15) is 36.2 Å². The van der Waals surface area contributed by atoms with Crippen LogP contribution in [0.4, 0.5) is 5.95 Å². The maximum absolute atomic E-state index is 14.2. The first-order valence-corrected chi connectivity index (χ1v) is 15.7. The number of anilines is 1. The third kappa shape index (κ3) is 7.24. The van der Waals surface area contributed by atoms with Crippen LogP contribution >= 0.6 is 19.5 Å². The first-order valence-electron chi connectivity index (χ1n) is 13.3. The van der Waals surface area contributed by atoms with E-state index in [1.54, 1.807) is 36.4 Å². The van der Waals surface area contributed by atoms with Gasteiger partial charge in [0.2, 0.25) is 5.95 Å². The number of aliphatic hydroxyl groups is 2. The average Bonchev–Trinajstić information content (AvgIpc) is 3.28. The highest BCUT2D eigenvalue weighted by Crippen LogP contribution is 2.49. The molecule has 13 nitrogen and oxygen atoms in total. The number of aromatic nitrogens is 3. The van der Waals surface area contributed by atoms with Crippen molar-refractivity contribution in [3.8, 4) is 5.75 Å². The number of nitrogens with two attached hydrogens (primary N) is 1. The minimum absolute atomic E-state index is 0.0133. The number of benzene rings is 3. The van der Waals surface area contributed by atoms with Gasteiger partial charge in [-0.15, -0.1) is 11.8 Å². The zero-order valence-electron chi connectivity index (χ0n) is 22.9. The number of thioether (sulfide) groups is 1. The van der Waals surface area contributed by atoms with Crippen molar-refractivity contribution in [1.82, 2.24) is 19.6 Å². The van der Waals surface area contributed by atoms with Crippen LogP contribution in [0.1, 0.15) is 17.9 Å². The zero-order chi connectivity index (χ0) is 30.6. The molecule has 15 heteroatoms. The number of nitrogens with one attached hydrogen (secondary N) is 1. The van der Waals surface area contributed by atoms with Gasteiger partial charge in [0.15, 0.2) is 0 Å². The van der Waals surface area contributed by atoms with Gasteiger partial charge in [-0.2, -0.15) is 10.1 Å². The van der Waals surface area contributed by atoms with Crippen molar-refractivity contribution in [1.29, 1.82) is 0 Å². The molecule has 0 radical (unpaired) electrons. The molecule has 2 unspecified atom stereocenters. The Morgan fingerprint density at radius 1 is 1.09 bits per heavy atom. The van der Waals surface area contributed by atoms with E-state index in [1.807, 2.05) is 36.4 Å². The summed E-state index contributed by atoms with van der Waals surface area (Å²) in [5.74, 6) is -0.683. The van der Waals surface area contributed by atoms with Crippen LogP contribution in [0.3, 0.4) is 0 Å². The van der Waals surface area contributed by atoms with Crippen LogP contribution in [-0.2, 0) is 25.2 Å². The van der Waals surface area contributed by atoms with E-state index < -0.39 is 48.3 Å². The number of nitrogens with zero attached hydrogens (tertiary/aromatic N) is 3. The van der Waals surface area contributed by atoms with Crippen LogP contribution in [-0.4, -0.2) is 60.8 Å². The third-order valence-corrected chi connectivity index (χ3v) is 9.84. The maximum Gasteiger partial charge on any atom is 0.459 e. The van der Waals surface area contributed by atoms with E-state index in [2.05, 4.69) is 15.1 Å². The molecule has 0 aliphatic carbocycles. The fraction of sp³-hybridized carbons (Fsp3) is 0.286. The van der Waals surface area contributed by atoms with E-state index in [0.29, 0.717) is 5.39 Å². The summed E-state index contributed by atoms with van der Waals surface area (Å²) in [5.41, 5.74) is 5.48. The number of hydrogen-bond acceptors (Lipinski definition) is 12. The molecule has 1 fully saturated rings. The highest BCUT2D eigenvalue weighted by molar-refractivity contribution is 8.00. The Balaban J connectivity index is 1.34. The van der Waals surface area contributed by atoms with Crippen molar-refractivity contribution in [3.05, 3.63) is 95.2 Å². The van der Waals surface area contributed by atoms with Crippen molar-refractivity contribution in [3.63, 3.8) is 0 Å². The second-order valence-corrected chi connectivity index (χ2v) is 12.8. The molecule has 3 aromatic carbocycles. The first-order chi connectivity index (χ1) is 20.6. The lowest BCUT2D eigenvalue weighted by molar-refractivity contribution is -0.146. The van der Waals surface area contributed by atoms with Crippen LogP contribution in [0, 0.1) is 0 Å². The van der Waals surface area contributed by atoms with Gasteiger partial charge in [-0.05, 0) is 23.9 Å². The molecule has 4 aromatic rings. The summed E-state index contributed by atoms with van der Waals surface area (Å²) >= 11 is 1.00. The first kappa shape index (κ1) is 30.7. The van der Waals surface area contributed by atoms with Crippen molar-refractivity contribution >= 4 is 42.2 Å². The van der Waals surface area contributed by atoms with Crippen molar-refractivity contribution < 1.29 is 33.4 Å². The summed E-state index contributed by atoms with van der Waals surface area (Å²) < 4.78 is 32.4. The number of nitrogen functional groups attached to an aromatic ring is 1. The highest BCUT2D eigenvalue weighted by atomic mass is 32.2. The molecule has 0 saturated carbocycles. The number of rotatable bonds is 11. The Morgan fingerprint density at radius 2 is 1.81 bits per heavy atom. The molecule has 1 aliphatic heterocycles. The standard InChI is InChI=1S/C28H30N5O8PS/c1-17(26(36)39-14-18-8-3-2-4-9-18)32-42(38,41-21-13-7-11-19-10-5-6-12-20(19)21)40-15-22-23(34)24(35)25(43-22)33-16-30-27(29)31-28(33)37/h2-13,16-17,22-25,34-35H,14-15H2,1H3,(H,32,38)(H2,29,31,37)/t17-,22+,23-,24?,25+,42?/m0/s1. The number of aliphatic hydroxyl groups excluding tert-OH is 2. The number of fused-ring (bicyclic) bond motifs is 1. The molecular weight excluding hydrogens is 597 g/mol. The SMILES string of the molecule is C[C@H](NP(=O)(OC[C@H]1S[C@@H](n2cnc(N)nc2=O)C(O)[C@H]1O)Oc1cccc2ccccc12)C(=O)OCc1ccccc1. The largest absolute Gasteiger partial charge is 0.460 e. The van der Waals surface area contributed by atoms with Crippen LogP contribution < -0.4 is 21.0 Å². The Hall–Kier alpha value is -3.78. The predicted molar refractivity (Wildman–Crippen MR) is 160 cm³/mol. The minimum Gasteiger partial charge on any atom is -0.460 e. The lowest BCUT2D eigenvalue weighted by Gasteiger charge is -2.25. The van der Waals surface area contributed by atoms with Gasteiger partial charge in [-0.1, -0.05) is 66.7 Å². The molecule has 1 saturated heterocycles. The average molecular weight is 628 g/mol. The lowest BCUT2D eigenvalue weighted by Crippen LogP contribution is -2.37. The molecule has 5 N–H and O–H groups in total. The molecule has 1 aliphatic rings. The van der Waals surface area contributed by atoms with E-state index in [0.717, 1.165) is 33.6 Å². The third-order valence-electron chi connectivity index (χ3n) is 6.66. The fourth-order valence-corrected chi connectivity index (χ4v) is 7.50. The normalized spacial score (nSPS) is 22.1. The monoisotopic (exact) mass is 627 g/mol. The van der Waals surface area contributed by atoms with Gasteiger partial charge < -0.3 is 25.2 Å². The quantitative estimate of drug-likeness (QED) is 0.140. The predicted octanol–water partition coefficient (Wildman–Crippen LogP) is 2.63. The molecule has 0 amide bonds. The maximum atomic E-state index is 14.2. The van der Waals surface area contributed by atoms with Crippen LogP contribution in [0.15, 0.2) is 83.9 Å². The van der Waals surface area contributed by atoms with E-state index in [1.165, 1.54) is 6.92 Å². The smallest absolute Gasteiger partial charge is 0.459 e. The zero-order valence-corrected chi connectivity index (χ0v) is 24.6. The molecule has 5 rings (SSSR count). The minimum atomic E-state index is -4.32. The molecule has 0 bridgehead atoms. The Morgan fingerprint density at radius 3 is 2.58 bits per heavy atom. The van der Waals surface area contributed by atoms with Gasteiger partial charge in [0, 0.05) is 5.39 Å². The van der Waals surface area contributed by atoms with E-state index in [9.17, 15) is 24.4 Å². The highest BCUT2D eigenvalue weighted by Gasteiger charge is 2.45. The van der Waals surface area contributed by atoms with Gasteiger partial charge >= 0.3 is 19.4 Å². The number of carbonyl (C=O) groups excluding carboxylic acids is 1. The molecule has 6 atom stereocenters. The summed E-state index contributed by atoms with van der Waals surface area (Å²) in [6.45, 7) is 1.09. The van der Waals surface area contributed by atoms with Crippen molar-refractivity contribution in [2.75, 3.05) is 12.3 Å². The van der Waals surface area contributed by atoms with Crippen LogP contribution in [0.5, 0.6) is 5.75 Å². The summed E-state index contributed by atoms with van der Waals surface area (Å²) in [4.78, 5) is 32.5. The van der Waals surface area contributed by atoms with Crippen LogP contribution in [0.25, 0.3) is 10.8 Å². The molecule has 43 heavy (non-hydrogen) atoms. The lowest BCUT2D eigenvalue weighted by atomic mass is 10.1. The molecule has 0 spiro atoms. The van der Waals surface area contributed by atoms with Gasteiger partial charge in [0.25, 0.3) is 0 Å². The summed E-state index contributed by atoms with van der Waals surface area (Å²) in [5, 5.41) is 23.7. The van der Waals surface area contributed by atoms with Gasteiger partial charge in [-0.25, -0.2) is 14.3 Å². The number of ether oxygens (including phenoxy) is 1. The Bertz CT molecular complexity index is 1690. The van der Waals surface area contributed by atoms with Gasteiger partial charge in [0.05, 0.1) is 18.0 Å². The van der Waals surface area contributed by atoms with E-state index >= 15 is 0 Å². The topological polar surface area (TPSA) is 188 Å². The van der Waals surface area contributed by atoms with Crippen molar-refractivity contribution in [2.24, 2.45) is 0 Å². The summed E-state index contributed by atoms with van der Waals surface area (Å²) in [6, 6.07) is 20.5. The summed E-state index contributed by atoms with van der Waals surface area (Å²) in [7, 11) is -4.32. The molecular formula is C28H30N5O8PS. The molecule has 226 valence electrons. The van der Waals surface area contributed by atoms with Crippen LogP contribution in [0.2, 0.25) is 0 Å². The second-order valence-electron chi connectivity index (χ2n) is 9.76. The number of esters is 1. The van der Waals surface area contributed by atoms with E-state index in [4.69, 9.17) is 19.5 Å². The fourth-order valence-electron chi connectivity index (χ4n) is 4.44. The number of carbonyl (C=O) groups is 1.